The van der Waals surface area contributed by atoms with Crippen LogP contribution < -0.4 is 25.0 Å². The summed E-state index contributed by atoms with van der Waals surface area (Å²) >= 11 is 7.88. The number of anilines is 3. The summed E-state index contributed by atoms with van der Waals surface area (Å²) in [5.74, 6) is 2.89. The van der Waals surface area contributed by atoms with Gasteiger partial charge in [0.25, 0.3) is 5.52 Å². The average molecular weight is 816 g/mol. The van der Waals surface area contributed by atoms with Crippen LogP contribution in [0.4, 0.5) is 17.1 Å². The molecule has 0 aliphatic carbocycles. The number of nitrogens with zero attached hydrogens (tertiary/aromatic N) is 3. The molecule has 8 nitrogen and oxygen atoms in total. The first kappa shape index (κ1) is 40.9. The van der Waals surface area contributed by atoms with E-state index in [1.165, 1.54) is 28.1 Å². The Kier molecular flexibility index (Phi) is 13.7. The molecule has 1 amide bonds. The molecule has 58 heavy (non-hydrogen) atoms. The van der Waals surface area contributed by atoms with Crippen LogP contribution in [0.25, 0.3) is 28.3 Å². The first-order chi connectivity index (χ1) is 28.4. The molecule has 0 atom stereocenters. The highest BCUT2D eigenvalue weighted by atomic mass is 35.5. The SMILES string of the molecule is CCC(=C\c1oc2ccccc2[n+]1CC)/C=C1\N(CC)c2ccc(-c3ccccc3)cc2N1CCCCNC(=O)CCNc1ccc(Cl)cc1C(=O)C1=CCCCS1. The van der Waals surface area contributed by atoms with Crippen LogP contribution in [0.1, 0.15) is 75.5 Å². The number of unbranched alkanes of at least 4 members (excludes halogenated alkanes) is 1. The number of fused-ring (bicyclic) bond motifs is 2. The van der Waals surface area contributed by atoms with Gasteiger partial charge in [-0.2, -0.15) is 4.57 Å². The van der Waals surface area contributed by atoms with Gasteiger partial charge in [0.05, 0.1) is 22.4 Å². The first-order valence-electron chi connectivity index (χ1n) is 20.6. The van der Waals surface area contributed by atoms with Gasteiger partial charge in [0.1, 0.15) is 12.4 Å². The summed E-state index contributed by atoms with van der Waals surface area (Å²) in [6, 6.07) is 30.8. The summed E-state index contributed by atoms with van der Waals surface area (Å²) in [6.07, 6.45) is 11.4. The molecule has 0 spiro atoms. The Labute approximate surface area is 351 Å². The Hall–Kier alpha value is -5.25. The van der Waals surface area contributed by atoms with Crippen LogP contribution in [0, 0.1) is 0 Å². The van der Waals surface area contributed by atoms with Gasteiger partial charge < -0.3 is 24.9 Å². The lowest BCUT2D eigenvalue weighted by Gasteiger charge is -2.25. The number of thioether (sulfide) groups is 1. The van der Waals surface area contributed by atoms with E-state index in [2.05, 4.69) is 119 Å². The number of amides is 1. The standard InChI is InChI=1S/C48H52ClN5O3S/c1-4-34(31-47-53(6-3)41-18-10-11-19-43(41)57-47)30-46-52(5-2)40-24-21-36(35-16-8-7-9-17-35)32-42(40)54(46)28-14-13-26-51-45(55)25-27-50-39-23-22-37(49)33-38(39)48(56)44-20-12-15-29-58-44/h7-11,16-24,30-33H,4-6,12-15,25-29H2,1-3H3,(H-,50,51,55,56)/p+1. The van der Waals surface area contributed by atoms with Gasteiger partial charge in [-0.25, -0.2) is 0 Å². The second kappa shape index (κ2) is 19.5. The Morgan fingerprint density at radius 2 is 1.72 bits per heavy atom. The van der Waals surface area contributed by atoms with Crippen LogP contribution in [0.5, 0.6) is 0 Å². The third kappa shape index (κ3) is 9.38. The van der Waals surface area contributed by atoms with Crippen molar-refractivity contribution in [3.05, 3.63) is 136 Å². The minimum atomic E-state index is -0.0238. The zero-order chi connectivity index (χ0) is 40.4. The molecule has 0 bridgehead atoms. The van der Waals surface area contributed by atoms with Crippen molar-refractivity contribution in [2.75, 3.05) is 47.0 Å². The molecular weight excluding hydrogens is 762 g/mol. The van der Waals surface area contributed by atoms with Gasteiger partial charge in [-0.15, -0.1) is 11.8 Å². The molecule has 0 radical (unpaired) electrons. The minimum Gasteiger partial charge on any atom is -0.398 e. The van der Waals surface area contributed by atoms with E-state index in [1.807, 2.05) is 24.3 Å². The zero-order valence-corrected chi connectivity index (χ0v) is 35.3. The van der Waals surface area contributed by atoms with Crippen molar-refractivity contribution in [3.8, 4) is 11.1 Å². The molecule has 2 N–H and O–H groups in total. The molecule has 0 fully saturated rings. The number of aromatic nitrogens is 1. The molecule has 0 saturated carbocycles. The van der Waals surface area contributed by atoms with Crippen molar-refractivity contribution < 1.29 is 18.6 Å². The van der Waals surface area contributed by atoms with E-state index >= 15 is 0 Å². The highest BCUT2D eigenvalue weighted by Crippen LogP contribution is 2.44. The average Bonchev–Trinajstić information content (AvgIpc) is 3.77. The lowest BCUT2D eigenvalue weighted by molar-refractivity contribution is -0.674. The predicted octanol–water partition coefficient (Wildman–Crippen LogP) is 11.0. The molecule has 300 valence electrons. The summed E-state index contributed by atoms with van der Waals surface area (Å²) in [6.45, 7) is 9.97. The fourth-order valence-electron chi connectivity index (χ4n) is 7.68. The van der Waals surface area contributed by atoms with E-state index in [9.17, 15) is 9.59 Å². The van der Waals surface area contributed by atoms with Crippen molar-refractivity contribution in [2.45, 2.75) is 65.8 Å². The van der Waals surface area contributed by atoms with E-state index < -0.39 is 0 Å². The summed E-state index contributed by atoms with van der Waals surface area (Å²) in [5.41, 5.74) is 9.14. The number of Topliss-reactive ketones (excluding diaryl/α,β-unsaturated/α-hetero) is 1. The highest BCUT2D eigenvalue weighted by molar-refractivity contribution is 8.04. The van der Waals surface area contributed by atoms with Crippen molar-refractivity contribution in [1.82, 2.24) is 5.32 Å². The number of oxazole rings is 1. The molecule has 3 heterocycles. The molecule has 0 saturated heterocycles. The molecule has 5 aromatic rings. The zero-order valence-electron chi connectivity index (χ0n) is 33.7. The summed E-state index contributed by atoms with van der Waals surface area (Å²) in [4.78, 5) is 31.9. The van der Waals surface area contributed by atoms with Crippen LogP contribution in [-0.2, 0) is 11.3 Å². The van der Waals surface area contributed by atoms with Crippen molar-refractivity contribution in [3.63, 3.8) is 0 Å². The van der Waals surface area contributed by atoms with E-state index in [0.717, 1.165) is 85.2 Å². The van der Waals surface area contributed by atoms with Gasteiger partial charge >= 0.3 is 5.89 Å². The fourth-order valence-corrected chi connectivity index (χ4v) is 8.86. The molecule has 2 aliphatic heterocycles. The number of rotatable bonds is 17. The molecule has 10 heteroatoms. The summed E-state index contributed by atoms with van der Waals surface area (Å²) in [5, 5.41) is 6.95. The lowest BCUT2D eigenvalue weighted by Crippen LogP contribution is -2.33. The van der Waals surface area contributed by atoms with Gasteiger partial charge in [0, 0.05) is 54.9 Å². The number of allylic oxidation sites excluding steroid dienone is 4. The predicted molar refractivity (Wildman–Crippen MR) is 242 cm³/mol. The summed E-state index contributed by atoms with van der Waals surface area (Å²) in [7, 11) is 0. The van der Waals surface area contributed by atoms with Crippen LogP contribution in [0.2, 0.25) is 5.02 Å². The third-order valence-electron chi connectivity index (χ3n) is 10.7. The third-order valence-corrected chi connectivity index (χ3v) is 12.1. The number of nitrogens with one attached hydrogen (secondary N) is 2. The van der Waals surface area contributed by atoms with E-state index in [-0.39, 0.29) is 11.7 Å². The van der Waals surface area contributed by atoms with E-state index in [1.54, 1.807) is 23.9 Å². The highest BCUT2D eigenvalue weighted by Gasteiger charge is 2.31. The monoisotopic (exact) mass is 814 g/mol. The Bertz CT molecular complexity index is 2350. The number of carbonyl (C=O) groups is 2. The smallest absolute Gasteiger partial charge is 0.374 e. The Balaban J connectivity index is 1.03. The van der Waals surface area contributed by atoms with Crippen LogP contribution >= 0.6 is 23.4 Å². The molecule has 1 aromatic heterocycles. The first-order valence-corrected chi connectivity index (χ1v) is 22.0. The number of aryl methyl sites for hydroxylation is 1. The second-order valence-corrected chi connectivity index (χ2v) is 16.1. The fraction of sp³-hybridized carbons (Fsp3) is 0.312. The van der Waals surface area contributed by atoms with Crippen LogP contribution in [0.15, 0.2) is 124 Å². The topological polar surface area (TPSA) is 81.7 Å². The summed E-state index contributed by atoms with van der Waals surface area (Å²) < 4.78 is 8.59. The van der Waals surface area contributed by atoms with Crippen molar-refractivity contribution >= 4 is 69.3 Å². The largest absolute Gasteiger partial charge is 0.398 e. The molecule has 0 unspecified atom stereocenters. The van der Waals surface area contributed by atoms with Crippen molar-refractivity contribution in [1.29, 1.82) is 0 Å². The van der Waals surface area contributed by atoms with Crippen molar-refractivity contribution in [2.24, 2.45) is 0 Å². The number of benzene rings is 4. The number of hydrogen-bond acceptors (Lipinski definition) is 7. The lowest BCUT2D eigenvalue weighted by atomic mass is 10.0. The van der Waals surface area contributed by atoms with Gasteiger partial charge in [0.2, 0.25) is 17.3 Å². The number of halogens is 1. The molecule has 2 aliphatic rings. The maximum atomic E-state index is 13.3. The maximum Gasteiger partial charge on any atom is 0.374 e. The normalized spacial score (nSPS) is 14.9. The minimum absolute atomic E-state index is 0.0195. The van der Waals surface area contributed by atoms with E-state index in [0.29, 0.717) is 35.8 Å². The number of carbonyl (C=O) groups excluding carboxylic acids is 2. The van der Waals surface area contributed by atoms with Gasteiger partial charge in [-0.1, -0.05) is 73.1 Å². The molecule has 4 aromatic carbocycles. The van der Waals surface area contributed by atoms with Gasteiger partial charge in [0.15, 0.2) is 0 Å². The van der Waals surface area contributed by atoms with Crippen LogP contribution in [0.3, 0.4) is 0 Å². The quantitative estimate of drug-likeness (QED) is 0.0550. The number of ketones is 1. The molecule has 7 rings (SSSR count). The number of hydrogen-bond donors (Lipinski definition) is 2. The van der Waals surface area contributed by atoms with Gasteiger partial charge in [-0.3, -0.25) is 9.59 Å². The second-order valence-electron chi connectivity index (χ2n) is 14.5. The van der Waals surface area contributed by atoms with Crippen LogP contribution in [-0.4, -0.2) is 43.6 Å². The van der Waals surface area contributed by atoms with E-state index in [4.69, 9.17) is 16.0 Å². The Morgan fingerprint density at radius 3 is 2.50 bits per heavy atom. The van der Waals surface area contributed by atoms with Gasteiger partial charge in [-0.05, 0) is 111 Å². The number of para-hydroxylation sites is 2. The Morgan fingerprint density at radius 1 is 0.897 bits per heavy atom. The maximum absolute atomic E-state index is 13.3. The molecular formula is C48H53ClN5O3S+.